The first kappa shape index (κ1) is 27.2. The molecule has 0 saturated carbocycles. The summed E-state index contributed by atoms with van der Waals surface area (Å²) in [5, 5.41) is 3.67. The molecule has 1 N–H and O–H groups in total. The summed E-state index contributed by atoms with van der Waals surface area (Å²) in [7, 11) is 1.48. The molecule has 0 fully saturated rings. The van der Waals surface area contributed by atoms with Crippen LogP contribution in [0.15, 0.2) is 59.5 Å². The van der Waals surface area contributed by atoms with Crippen molar-refractivity contribution >= 4 is 29.4 Å². The Bertz CT molecular complexity index is 1140. The molecule has 12 heteroatoms. The van der Waals surface area contributed by atoms with Gasteiger partial charge < -0.3 is 14.4 Å². The van der Waals surface area contributed by atoms with Crippen molar-refractivity contribution in [2.75, 3.05) is 37.1 Å². The summed E-state index contributed by atoms with van der Waals surface area (Å²) in [6.07, 6.45) is -2.22. The number of rotatable bonds is 9. The molecular formula is C24H26F4N4O3S. The lowest BCUT2D eigenvalue weighted by atomic mass is 10.1. The van der Waals surface area contributed by atoms with E-state index in [4.69, 9.17) is 9.47 Å². The van der Waals surface area contributed by atoms with Crippen LogP contribution in [0.4, 0.5) is 28.0 Å². The van der Waals surface area contributed by atoms with Gasteiger partial charge in [0.15, 0.2) is 0 Å². The van der Waals surface area contributed by atoms with Crippen molar-refractivity contribution in [2.24, 2.45) is 5.10 Å². The second kappa shape index (κ2) is 12.0. The molecule has 1 heterocycles. The monoisotopic (exact) mass is 526 g/mol. The van der Waals surface area contributed by atoms with Gasteiger partial charge in [-0.2, -0.15) is 24.9 Å². The third-order valence-corrected chi connectivity index (χ3v) is 5.89. The molecule has 1 aliphatic rings. The number of amides is 2. The molecule has 2 amide bonds. The zero-order chi connectivity index (χ0) is 26.3. The van der Waals surface area contributed by atoms with Gasteiger partial charge in [0.05, 0.1) is 25.5 Å². The van der Waals surface area contributed by atoms with Crippen LogP contribution >= 0.6 is 11.8 Å². The van der Waals surface area contributed by atoms with Gasteiger partial charge in [-0.15, -0.1) is 5.10 Å². The highest BCUT2D eigenvalue weighted by atomic mass is 32.2. The van der Waals surface area contributed by atoms with Crippen LogP contribution in [0.5, 0.6) is 5.75 Å². The maximum Gasteiger partial charge on any atom is 0.451 e. The van der Waals surface area contributed by atoms with E-state index in [1.54, 1.807) is 40.9 Å². The van der Waals surface area contributed by atoms with Crippen LogP contribution in [0, 0.1) is 5.82 Å². The number of benzene rings is 2. The molecule has 0 bridgehead atoms. The minimum Gasteiger partial charge on any atom is -0.495 e. The Labute approximate surface area is 210 Å². The van der Waals surface area contributed by atoms with Crippen molar-refractivity contribution in [1.82, 2.24) is 10.3 Å². The number of urea groups is 1. The molecule has 0 saturated heterocycles. The first-order valence-corrected chi connectivity index (χ1v) is 12.3. The molecule has 0 atom stereocenters. The number of nitrogens with zero attached hydrogens (tertiary/aromatic N) is 3. The minimum atomic E-state index is -4.73. The molecule has 2 aromatic carbocycles. The SMILES string of the molecule is CCN(CCSC)C(=O)N(Cc1ccc(C2=NNC=C(C(F)(F)F)O2)cc1F)c1ccccc1OC. The average molecular weight is 527 g/mol. The first-order chi connectivity index (χ1) is 17.2. The fraction of sp³-hybridized carbons (Fsp3) is 0.333. The van der Waals surface area contributed by atoms with Gasteiger partial charge in [-0.05, 0) is 37.4 Å². The van der Waals surface area contributed by atoms with Crippen LogP contribution < -0.4 is 15.1 Å². The van der Waals surface area contributed by atoms with Crippen LogP contribution in [-0.4, -0.2) is 55.2 Å². The smallest absolute Gasteiger partial charge is 0.451 e. The summed E-state index contributed by atoms with van der Waals surface area (Å²) in [4.78, 5) is 16.6. The number of methoxy groups -OCH3 is 1. The molecule has 2 aromatic rings. The first-order valence-electron chi connectivity index (χ1n) is 10.9. The highest BCUT2D eigenvalue weighted by molar-refractivity contribution is 7.98. The van der Waals surface area contributed by atoms with E-state index in [2.05, 4.69) is 10.5 Å². The van der Waals surface area contributed by atoms with Crippen LogP contribution in [0.3, 0.4) is 0 Å². The average Bonchev–Trinajstić information content (AvgIpc) is 2.88. The Morgan fingerprint density at radius 2 is 1.97 bits per heavy atom. The van der Waals surface area contributed by atoms with Gasteiger partial charge in [-0.1, -0.05) is 18.2 Å². The minimum absolute atomic E-state index is 0.00363. The molecule has 36 heavy (non-hydrogen) atoms. The van der Waals surface area contributed by atoms with Crippen molar-refractivity contribution in [2.45, 2.75) is 19.6 Å². The zero-order valence-electron chi connectivity index (χ0n) is 19.9. The van der Waals surface area contributed by atoms with Gasteiger partial charge in [0.25, 0.3) is 0 Å². The van der Waals surface area contributed by atoms with Crippen LogP contribution in [-0.2, 0) is 11.3 Å². The number of hydrazone groups is 1. The fourth-order valence-corrected chi connectivity index (χ4v) is 3.82. The number of para-hydroxylation sites is 2. The lowest BCUT2D eigenvalue weighted by molar-refractivity contribution is -0.119. The van der Waals surface area contributed by atoms with Gasteiger partial charge in [-0.3, -0.25) is 10.3 Å². The van der Waals surface area contributed by atoms with Crippen molar-refractivity contribution in [3.8, 4) is 5.75 Å². The Hall–Kier alpha value is -3.41. The molecule has 1 aliphatic heterocycles. The van der Waals surface area contributed by atoms with E-state index in [0.717, 1.165) is 11.8 Å². The highest BCUT2D eigenvalue weighted by Gasteiger charge is 2.38. The topological polar surface area (TPSA) is 66.4 Å². The standard InChI is InChI=1S/C24H26F4N4O3S/c1-4-31(11-12-36-3)23(33)32(19-7-5-6-8-20(19)34-2)15-17-10-9-16(13-18(17)25)22-30-29-14-21(35-22)24(26,27)28/h5-10,13-14,29H,4,11-12,15H2,1-3H3. The van der Waals surface area contributed by atoms with Gasteiger partial charge >= 0.3 is 12.2 Å². The summed E-state index contributed by atoms with van der Waals surface area (Å²) in [6.45, 7) is 2.67. The number of carbonyl (C=O) groups is 1. The lowest BCUT2D eigenvalue weighted by Gasteiger charge is -2.31. The van der Waals surface area contributed by atoms with Crippen molar-refractivity contribution in [3.05, 3.63) is 71.4 Å². The van der Waals surface area contributed by atoms with Crippen molar-refractivity contribution in [1.29, 1.82) is 0 Å². The van der Waals surface area contributed by atoms with Crippen LogP contribution in [0.1, 0.15) is 18.1 Å². The number of nitrogens with one attached hydrogen (secondary N) is 1. The normalized spacial score (nSPS) is 13.2. The largest absolute Gasteiger partial charge is 0.495 e. The fourth-order valence-electron chi connectivity index (χ4n) is 3.42. The molecule has 0 radical (unpaired) electrons. The molecule has 7 nitrogen and oxygen atoms in total. The number of thioether (sulfide) groups is 1. The van der Waals surface area contributed by atoms with Gasteiger partial charge in [0.1, 0.15) is 11.6 Å². The van der Waals surface area contributed by atoms with E-state index in [0.29, 0.717) is 30.7 Å². The zero-order valence-corrected chi connectivity index (χ0v) is 20.8. The molecule has 194 valence electrons. The Morgan fingerprint density at radius 1 is 1.22 bits per heavy atom. The Kier molecular flexibility index (Phi) is 9.08. The molecule has 0 spiro atoms. The Morgan fingerprint density at radius 3 is 2.61 bits per heavy atom. The molecule has 0 aliphatic carbocycles. The third kappa shape index (κ3) is 6.42. The summed E-state index contributed by atoms with van der Waals surface area (Å²) in [6, 6.07) is 10.4. The predicted molar refractivity (Wildman–Crippen MR) is 131 cm³/mol. The third-order valence-electron chi connectivity index (χ3n) is 5.30. The predicted octanol–water partition coefficient (Wildman–Crippen LogP) is 5.33. The van der Waals surface area contributed by atoms with Gasteiger partial charge in [0, 0.05) is 30.0 Å². The quantitative estimate of drug-likeness (QED) is 0.448. The maximum atomic E-state index is 15.2. The molecular weight excluding hydrogens is 500 g/mol. The van der Waals surface area contributed by atoms with Crippen molar-refractivity contribution in [3.63, 3.8) is 0 Å². The van der Waals surface area contributed by atoms with E-state index in [9.17, 15) is 18.0 Å². The lowest BCUT2D eigenvalue weighted by Crippen LogP contribution is -2.44. The second-order valence-corrected chi connectivity index (χ2v) is 8.56. The van der Waals surface area contributed by atoms with E-state index in [1.807, 2.05) is 13.2 Å². The number of carbonyl (C=O) groups excluding carboxylic acids is 1. The number of alkyl halides is 3. The van der Waals surface area contributed by atoms with E-state index < -0.39 is 23.7 Å². The molecule has 3 rings (SSSR count). The highest BCUT2D eigenvalue weighted by Crippen LogP contribution is 2.31. The van der Waals surface area contributed by atoms with Gasteiger partial charge in [-0.25, -0.2) is 9.18 Å². The Balaban J connectivity index is 1.91. The summed E-state index contributed by atoms with van der Waals surface area (Å²) in [5.41, 5.74) is 2.74. The number of hydrogen-bond donors (Lipinski definition) is 1. The maximum absolute atomic E-state index is 15.2. The number of ether oxygens (including phenoxy) is 2. The van der Waals surface area contributed by atoms with Crippen LogP contribution in [0.2, 0.25) is 0 Å². The van der Waals surface area contributed by atoms with Crippen LogP contribution in [0.25, 0.3) is 0 Å². The summed E-state index contributed by atoms with van der Waals surface area (Å²) >= 11 is 1.60. The summed E-state index contributed by atoms with van der Waals surface area (Å²) in [5.74, 6) is -1.29. The summed E-state index contributed by atoms with van der Waals surface area (Å²) < 4.78 is 64.3. The number of anilines is 1. The number of halogens is 4. The van der Waals surface area contributed by atoms with Crippen molar-refractivity contribution < 1.29 is 31.8 Å². The second-order valence-electron chi connectivity index (χ2n) is 7.57. The van der Waals surface area contributed by atoms with E-state index >= 15 is 4.39 Å². The molecule has 0 aromatic heterocycles. The molecule has 0 unspecified atom stereocenters. The van der Waals surface area contributed by atoms with E-state index in [-0.39, 0.29) is 23.7 Å². The van der Waals surface area contributed by atoms with E-state index in [1.165, 1.54) is 24.1 Å². The number of hydrogen-bond acceptors (Lipinski definition) is 6. The van der Waals surface area contributed by atoms with Gasteiger partial charge in [0.2, 0.25) is 11.7 Å². The number of allylic oxidation sites excluding steroid dienone is 1.